The van der Waals surface area contributed by atoms with Crippen molar-refractivity contribution in [1.82, 2.24) is 14.9 Å². The summed E-state index contributed by atoms with van der Waals surface area (Å²) in [5.74, 6) is 0.224. The fourth-order valence-electron chi connectivity index (χ4n) is 4.74. The Balaban J connectivity index is 1.70. The summed E-state index contributed by atoms with van der Waals surface area (Å²) in [7, 11) is 3.17. The number of nitrogens with zero attached hydrogens (tertiary/aromatic N) is 3. The standard InChI is InChI=1S/C19H22N4O3S/c1-20-16-14(4-3-7-21-16)17(24)23-13-5-6-15(23)19(9-13,18(25)26-2)8-12-10-27-11-22-12/h3-4,7,10-11,13,15H,5-6,8-9H2,1-2H3,(H,20,21)/t13-,15+,19+/m1/s1. The summed E-state index contributed by atoms with van der Waals surface area (Å²) in [4.78, 5) is 36.7. The number of anilines is 1. The van der Waals surface area contributed by atoms with Crippen LogP contribution in [0.5, 0.6) is 0 Å². The highest BCUT2D eigenvalue weighted by Crippen LogP contribution is 2.52. The number of pyridine rings is 1. The average molecular weight is 386 g/mol. The Bertz CT molecular complexity index is 856. The van der Waals surface area contributed by atoms with Gasteiger partial charge in [0.15, 0.2) is 0 Å². The molecule has 2 bridgehead atoms. The Labute approximate surface area is 161 Å². The number of hydrogen-bond donors (Lipinski definition) is 1. The summed E-state index contributed by atoms with van der Waals surface area (Å²) in [5, 5.41) is 4.94. The molecule has 8 heteroatoms. The number of fused-ring (bicyclic) bond motifs is 2. The lowest BCUT2D eigenvalue weighted by molar-refractivity contribution is -0.154. The zero-order valence-corrected chi connectivity index (χ0v) is 16.2. The summed E-state index contributed by atoms with van der Waals surface area (Å²) in [6.07, 6.45) is 4.47. The van der Waals surface area contributed by atoms with Crippen LogP contribution in [0, 0.1) is 5.41 Å². The number of carbonyl (C=O) groups excluding carboxylic acids is 2. The van der Waals surface area contributed by atoms with E-state index in [0.717, 1.165) is 18.5 Å². The number of amides is 1. The van der Waals surface area contributed by atoms with E-state index in [9.17, 15) is 9.59 Å². The minimum atomic E-state index is -0.733. The van der Waals surface area contributed by atoms with Crippen LogP contribution in [0.2, 0.25) is 0 Å². The van der Waals surface area contributed by atoms with Gasteiger partial charge in [-0.3, -0.25) is 9.59 Å². The molecule has 2 aliphatic rings. The predicted octanol–water partition coefficient (Wildman–Crippen LogP) is 2.36. The Hall–Kier alpha value is -2.48. The maximum atomic E-state index is 13.4. The molecule has 3 atom stereocenters. The Kier molecular flexibility index (Phi) is 4.59. The smallest absolute Gasteiger partial charge is 0.314 e. The highest BCUT2D eigenvalue weighted by atomic mass is 32.1. The lowest BCUT2D eigenvalue weighted by Crippen LogP contribution is -2.47. The van der Waals surface area contributed by atoms with Crippen molar-refractivity contribution in [3.63, 3.8) is 0 Å². The molecule has 0 saturated carbocycles. The molecule has 0 unspecified atom stereocenters. The number of esters is 1. The van der Waals surface area contributed by atoms with Crippen molar-refractivity contribution in [2.75, 3.05) is 19.5 Å². The molecule has 1 N–H and O–H groups in total. The van der Waals surface area contributed by atoms with Crippen molar-refractivity contribution in [1.29, 1.82) is 0 Å². The van der Waals surface area contributed by atoms with Crippen molar-refractivity contribution in [2.24, 2.45) is 5.41 Å². The van der Waals surface area contributed by atoms with Crippen molar-refractivity contribution >= 4 is 29.0 Å². The first-order chi connectivity index (χ1) is 13.1. The van der Waals surface area contributed by atoms with Crippen molar-refractivity contribution in [3.8, 4) is 0 Å². The number of rotatable bonds is 5. The van der Waals surface area contributed by atoms with Crippen molar-refractivity contribution in [2.45, 2.75) is 37.8 Å². The lowest BCUT2D eigenvalue weighted by Gasteiger charge is -2.34. The second-order valence-electron chi connectivity index (χ2n) is 7.12. The minimum Gasteiger partial charge on any atom is -0.469 e. The van der Waals surface area contributed by atoms with Gasteiger partial charge in [-0.2, -0.15) is 0 Å². The number of thiazole rings is 1. The van der Waals surface area contributed by atoms with E-state index in [-0.39, 0.29) is 24.0 Å². The molecule has 142 valence electrons. The number of ether oxygens (including phenoxy) is 1. The predicted molar refractivity (Wildman–Crippen MR) is 102 cm³/mol. The van der Waals surface area contributed by atoms with Gasteiger partial charge >= 0.3 is 5.97 Å². The first kappa shape index (κ1) is 17.9. The van der Waals surface area contributed by atoms with Crippen molar-refractivity contribution in [3.05, 3.63) is 40.5 Å². The molecule has 1 amide bonds. The van der Waals surface area contributed by atoms with Crippen molar-refractivity contribution < 1.29 is 14.3 Å². The Morgan fingerprint density at radius 2 is 2.26 bits per heavy atom. The molecule has 4 rings (SSSR count). The van der Waals surface area contributed by atoms with E-state index < -0.39 is 5.41 Å². The fraction of sp³-hybridized carbons (Fsp3) is 0.474. The normalized spacial score (nSPS) is 26.2. The Morgan fingerprint density at radius 1 is 1.41 bits per heavy atom. The number of nitrogens with one attached hydrogen (secondary N) is 1. The molecule has 2 aromatic heterocycles. The molecule has 0 radical (unpaired) electrons. The summed E-state index contributed by atoms with van der Waals surface area (Å²) < 4.78 is 5.19. The van der Waals surface area contributed by atoms with Gasteiger partial charge in [0.05, 0.1) is 29.3 Å². The van der Waals surface area contributed by atoms with Gasteiger partial charge in [-0.15, -0.1) is 11.3 Å². The van der Waals surface area contributed by atoms with E-state index in [4.69, 9.17) is 4.74 Å². The van der Waals surface area contributed by atoms with E-state index in [1.165, 1.54) is 18.4 Å². The van der Waals surface area contributed by atoms with Gasteiger partial charge < -0.3 is 15.0 Å². The summed E-state index contributed by atoms with van der Waals surface area (Å²) in [6, 6.07) is 3.38. The molecular weight excluding hydrogens is 364 g/mol. The SMILES string of the molecule is CNc1ncccc1C(=O)N1[C@@H]2CC[C@H]1[C@@](Cc1cscn1)(C(=O)OC)C2. The zero-order chi connectivity index (χ0) is 19.0. The first-order valence-electron chi connectivity index (χ1n) is 9.01. The molecule has 0 aromatic carbocycles. The molecule has 7 nitrogen and oxygen atoms in total. The second-order valence-corrected chi connectivity index (χ2v) is 7.84. The molecule has 0 aliphatic carbocycles. The monoisotopic (exact) mass is 386 g/mol. The Morgan fingerprint density at radius 3 is 2.96 bits per heavy atom. The third kappa shape index (κ3) is 2.79. The molecule has 2 aromatic rings. The molecule has 2 saturated heterocycles. The maximum absolute atomic E-state index is 13.4. The van der Waals surface area contributed by atoms with E-state index in [1.54, 1.807) is 30.9 Å². The molecule has 27 heavy (non-hydrogen) atoms. The fourth-order valence-corrected chi connectivity index (χ4v) is 5.30. The highest BCUT2D eigenvalue weighted by molar-refractivity contribution is 7.07. The van der Waals surface area contributed by atoms with E-state index in [1.807, 2.05) is 10.3 Å². The zero-order valence-electron chi connectivity index (χ0n) is 15.3. The quantitative estimate of drug-likeness (QED) is 0.794. The number of methoxy groups -OCH3 is 1. The average Bonchev–Trinajstić information content (AvgIpc) is 3.42. The summed E-state index contributed by atoms with van der Waals surface area (Å²) in [5.41, 5.74) is 2.45. The van der Waals surface area contributed by atoms with E-state index >= 15 is 0 Å². The van der Waals surface area contributed by atoms with Gasteiger partial charge in [0.2, 0.25) is 0 Å². The summed E-state index contributed by atoms with van der Waals surface area (Å²) >= 11 is 1.51. The van der Waals surface area contributed by atoms with Gasteiger partial charge in [-0.25, -0.2) is 9.97 Å². The maximum Gasteiger partial charge on any atom is 0.314 e. The third-order valence-corrected chi connectivity index (χ3v) is 6.46. The van der Waals surface area contributed by atoms with Gasteiger partial charge in [-0.1, -0.05) is 0 Å². The van der Waals surface area contributed by atoms with Crippen LogP contribution in [0.15, 0.2) is 29.2 Å². The third-order valence-electron chi connectivity index (χ3n) is 5.82. The molecule has 4 heterocycles. The molecule has 2 aliphatic heterocycles. The number of aromatic nitrogens is 2. The molecule has 0 spiro atoms. The first-order valence-corrected chi connectivity index (χ1v) is 9.96. The molecule has 2 fully saturated rings. The summed E-state index contributed by atoms with van der Waals surface area (Å²) in [6.45, 7) is 0. The lowest BCUT2D eigenvalue weighted by atomic mass is 9.71. The van der Waals surface area contributed by atoms with Crippen LogP contribution < -0.4 is 5.32 Å². The van der Waals surface area contributed by atoms with Gasteiger partial charge in [0, 0.05) is 37.1 Å². The van der Waals surface area contributed by atoms with Crippen LogP contribution in [0.3, 0.4) is 0 Å². The van der Waals surface area contributed by atoms with Crippen LogP contribution >= 0.6 is 11.3 Å². The highest BCUT2D eigenvalue weighted by Gasteiger charge is 2.62. The topological polar surface area (TPSA) is 84.4 Å². The van der Waals surface area contributed by atoms with E-state index in [0.29, 0.717) is 24.2 Å². The van der Waals surface area contributed by atoms with Crippen LogP contribution in [0.4, 0.5) is 5.82 Å². The number of carbonyl (C=O) groups is 2. The molecular formula is C19H22N4O3S. The van der Waals surface area contributed by atoms with Crippen LogP contribution in [-0.2, 0) is 16.0 Å². The van der Waals surface area contributed by atoms with Gasteiger partial charge in [0.1, 0.15) is 5.82 Å². The minimum absolute atomic E-state index is 0.0325. The largest absolute Gasteiger partial charge is 0.469 e. The van der Waals surface area contributed by atoms with Gasteiger partial charge in [0.25, 0.3) is 5.91 Å². The van der Waals surface area contributed by atoms with Crippen LogP contribution in [-0.4, -0.2) is 53.0 Å². The van der Waals surface area contributed by atoms with Gasteiger partial charge in [-0.05, 0) is 31.4 Å². The van der Waals surface area contributed by atoms with Crippen LogP contribution in [0.1, 0.15) is 35.3 Å². The van der Waals surface area contributed by atoms with E-state index in [2.05, 4.69) is 15.3 Å². The van der Waals surface area contributed by atoms with Crippen LogP contribution in [0.25, 0.3) is 0 Å². The second kappa shape index (κ2) is 6.92. The number of hydrogen-bond acceptors (Lipinski definition) is 7.